The molecular weight excluding hydrogens is 280 g/mol. The molecule has 0 radical (unpaired) electrons. The third kappa shape index (κ3) is 3.90. The highest BCUT2D eigenvalue weighted by atomic mass is 35.5. The minimum absolute atomic E-state index is 0.533. The largest absolute Gasteiger partial charge is 0.350 e. The number of nitrogens with one attached hydrogen (secondary N) is 1. The van der Waals surface area contributed by atoms with Crippen LogP contribution in [0.4, 0.5) is 0 Å². The molecule has 1 N–H and O–H groups in total. The summed E-state index contributed by atoms with van der Waals surface area (Å²) in [7, 11) is 0. The second kappa shape index (κ2) is 6.67. The predicted molar refractivity (Wildman–Crippen MR) is 88.7 cm³/mol. The molecule has 3 heteroatoms. The smallest absolute Gasteiger partial charge is 0.0470 e. The van der Waals surface area contributed by atoms with E-state index in [1.807, 2.05) is 18.2 Å². The van der Waals surface area contributed by atoms with E-state index in [4.69, 9.17) is 11.6 Å². The first kappa shape index (κ1) is 14.7. The van der Waals surface area contributed by atoms with Crippen LogP contribution in [-0.4, -0.2) is 11.1 Å². The number of hydrogen-bond acceptors (Lipinski definition) is 1. The topological polar surface area (TPSA) is 17.0 Å². The Morgan fingerprint density at radius 3 is 2.90 bits per heavy atom. The molecule has 1 fully saturated rings. The average molecular weight is 303 g/mol. The summed E-state index contributed by atoms with van der Waals surface area (Å²) in [5.41, 5.74) is 2.67. The van der Waals surface area contributed by atoms with Gasteiger partial charge in [-0.3, -0.25) is 0 Å². The van der Waals surface area contributed by atoms with E-state index < -0.39 is 0 Å². The second-order valence-electron chi connectivity index (χ2n) is 6.02. The van der Waals surface area contributed by atoms with Crippen LogP contribution in [0.15, 0.2) is 42.7 Å². The van der Waals surface area contributed by atoms with Crippen LogP contribution in [0.25, 0.3) is 0 Å². The quantitative estimate of drug-likeness (QED) is 0.788. The van der Waals surface area contributed by atoms with Gasteiger partial charge in [-0.1, -0.05) is 30.7 Å². The van der Waals surface area contributed by atoms with Gasteiger partial charge in [0.25, 0.3) is 0 Å². The molecule has 21 heavy (non-hydrogen) atoms. The van der Waals surface area contributed by atoms with Gasteiger partial charge < -0.3 is 9.88 Å². The van der Waals surface area contributed by atoms with Crippen LogP contribution in [0.2, 0.25) is 5.02 Å². The van der Waals surface area contributed by atoms with Crippen LogP contribution in [0.1, 0.15) is 43.4 Å². The van der Waals surface area contributed by atoms with Crippen molar-refractivity contribution in [2.45, 2.75) is 38.8 Å². The Morgan fingerprint density at radius 2 is 2.19 bits per heavy atom. The number of halogens is 1. The molecule has 112 valence electrons. The standard InChI is InChI=1S/C18H23ClN2/c1-2-9-20-18(15-6-7-15)16-8-10-21(13-16)12-14-4-3-5-17(19)11-14/h3-5,8,10-11,13,15,18,20H,2,6-7,9,12H2,1H3. The molecule has 1 heterocycles. The van der Waals surface area contributed by atoms with Crippen LogP contribution >= 0.6 is 11.6 Å². The summed E-state index contributed by atoms with van der Waals surface area (Å²) in [6.07, 6.45) is 8.37. The van der Waals surface area contributed by atoms with E-state index >= 15 is 0 Å². The highest BCUT2D eigenvalue weighted by Crippen LogP contribution is 2.41. The first-order valence-electron chi connectivity index (χ1n) is 7.90. The molecule has 1 unspecified atom stereocenters. The maximum atomic E-state index is 6.05. The summed E-state index contributed by atoms with van der Waals surface area (Å²) in [6.45, 7) is 4.20. The lowest BCUT2D eigenvalue weighted by Crippen LogP contribution is -2.23. The van der Waals surface area contributed by atoms with Crippen LogP contribution in [0, 0.1) is 5.92 Å². The molecule has 1 aliphatic carbocycles. The van der Waals surface area contributed by atoms with Crippen molar-refractivity contribution in [3.8, 4) is 0 Å². The zero-order valence-electron chi connectivity index (χ0n) is 12.6. The molecule has 1 atom stereocenters. The van der Waals surface area contributed by atoms with Gasteiger partial charge in [0.15, 0.2) is 0 Å². The van der Waals surface area contributed by atoms with Gasteiger partial charge in [-0.25, -0.2) is 0 Å². The minimum atomic E-state index is 0.533. The third-order valence-electron chi connectivity index (χ3n) is 4.09. The molecule has 0 saturated heterocycles. The van der Waals surface area contributed by atoms with Crippen LogP contribution < -0.4 is 5.32 Å². The molecule has 3 rings (SSSR count). The molecule has 1 aromatic heterocycles. The SMILES string of the molecule is CCCNC(c1ccn(Cc2cccc(Cl)c2)c1)C1CC1. The Morgan fingerprint density at radius 1 is 1.33 bits per heavy atom. The first-order chi connectivity index (χ1) is 10.3. The Balaban J connectivity index is 1.70. The van der Waals surface area contributed by atoms with Crippen molar-refractivity contribution in [2.24, 2.45) is 5.92 Å². The van der Waals surface area contributed by atoms with Crippen molar-refractivity contribution in [1.29, 1.82) is 0 Å². The number of rotatable bonds is 7. The van der Waals surface area contributed by atoms with Crippen molar-refractivity contribution in [3.63, 3.8) is 0 Å². The van der Waals surface area contributed by atoms with E-state index in [1.54, 1.807) is 0 Å². The highest BCUT2D eigenvalue weighted by molar-refractivity contribution is 6.30. The van der Waals surface area contributed by atoms with Gasteiger partial charge in [-0.15, -0.1) is 0 Å². The van der Waals surface area contributed by atoms with E-state index in [-0.39, 0.29) is 0 Å². The number of aromatic nitrogens is 1. The third-order valence-corrected chi connectivity index (χ3v) is 4.33. The normalized spacial score (nSPS) is 16.1. The molecule has 2 aromatic rings. The molecule has 1 aliphatic rings. The lowest BCUT2D eigenvalue weighted by molar-refractivity contribution is 0.480. The Hall–Kier alpha value is -1.25. The molecule has 0 spiro atoms. The lowest BCUT2D eigenvalue weighted by atomic mass is 10.1. The number of hydrogen-bond donors (Lipinski definition) is 1. The molecule has 2 nitrogen and oxygen atoms in total. The maximum absolute atomic E-state index is 6.05. The van der Waals surface area contributed by atoms with Crippen molar-refractivity contribution < 1.29 is 0 Å². The Kier molecular flexibility index (Phi) is 4.67. The van der Waals surface area contributed by atoms with Gasteiger partial charge in [0.05, 0.1) is 0 Å². The zero-order valence-corrected chi connectivity index (χ0v) is 13.3. The van der Waals surface area contributed by atoms with Crippen molar-refractivity contribution in [1.82, 2.24) is 9.88 Å². The summed E-state index contributed by atoms with van der Waals surface area (Å²) >= 11 is 6.05. The number of benzene rings is 1. The first-order valence-corrected chi connectivity index (χ1v) is 8.27. The fourth-order valence-electron chi connectivity index (χ4n) is 2.87. The molecular formula is C18H23ClN2. The van der Waals surface area contributed by atoms with Crippen molar-refractivity contribution >= 4 is 11.6 Å². The maximum Gasteiger partial charge on any atom is 0.0470 e. The molecule has 1 aromatic carbocycles. The molecule has 1 saturated carbocycles. The van der Waals surface area contributed by atoms with Crippen molar-refractivity contribution in [3.05, 3.63) is 58.9 Å². The Bertz CT molecular complexity index is 586. The Labute approximate surface area is 132 Å². The van der Waals surface area contributed by atoms with Crippen LogP contribution in [-0.2, 0) is 6.54 Å². The van der Waals surface area contributed by atoms with E-state index in [0.717, 1.165) is 24.0 Å². The average Bonchev–Trinajstić information content (AvgIpc) is 3.20. The minimum Gasteiger partial charge on any atom is -0.350 e. The van der Waals surface area contributed by atoms with Gasteiger partial charge in [-0.05, 0) is 61.1 Å². The monoisotopic (exact) mass is 302 g/mol. The summed E-state index contributed by atoms with van der Waals surface area (Å²) < 4.78 is 2.25. The van der Waals surface area contributed by atoms with E-state index in [9.17, 15) is 0 Å². The molecule has 0 bridgehead atoms. The molecule has 0 amide bonds. The van der Waals surface area contributed by atoms with Gasteiger partial charge in [0, 0.05) is 30.0 Å². The lowest BCUT2D eigenvalue weighted by Gasteiger charge is -2.16. The van der Waals surface area contributed by atoms with Gasteiger partial charge in [0.1, 0.15) is 0 Å². The van der Waals surface area contributed by atoms with Crippen LogP contribution in [0.5, 0.6) is 0 Å². The summed E-state index contributed by atoms with van der Waals surface area (Å²) in [4.78, 5) is 0. The molecule has 0 aliphatic heterocycles. The second-order valence-corrected chi connectivity index (χ2v) is 6.45. The number of nitrogens with zero attached hydrogens (tertiary/aromatic N) is 1. The van der Waals surface area contributed by atoms with Gasteiger partial charge in [-0.2, -0.15) is 0 Å². The van der Waals surface area contributed by atoms with E-state index in [2.05, 4.69) is 41.3 Å². The fraction of sp³-hybridized carbons (Fsp3) is 0.444. The summed E-state index contributed by atoms with van der Waals surface area (Å²) in [6, 6.07) is 10.9. The summed E-state index contributed by atoms with van der Waals surface area (Å²) in [5.74, 6) is 0.832. The van der Waals surface area contributed by atoms with E-state index in [0.29, 0.717) is 6.04 Å². The fourth-order valence-corrected chi connectivity index (χ4v) is 3.09. The van der Waals surface area contributed by atoms with Gasteiger partial charge >= 0.3 is 0 Å². The van der Waals surface area contributed by atoms with Gasteiger partial charge in [0.2, 0.25) is 0 Å². The van der Waals surface area contributed by atoms with Crippen molar-refractivity contribution in [2.75, 3.05) is 6.54 Å². The zero-order chi connectivity index (χ0) is 14.7. The highest BCUT2D eigenvalue weighted by Gasteiger charge is 2.32. The summed E-state index contributed by atoms with van der Waals surface area (Å²) in [5, 5.41) is 4.51. The van der Waals surface area contributed by atoms with Crippen LogP contribution in [0.3, 0.4) is 0 Å². The predicted octanol–water partition coefficient (Wildman–Crippen LogP) is 4.64. The van der Waals surface area contributed by atoms with E-state index in [1.165, 1.54) is 30.4 Å².